The molecule has 3 atom stereocenters. The molecule has 100 valence electrons. The van der Waals surface area contributed by atoms with Crippen molar-refractivity contribution in [1.82, 2.24) is 5.32 Å². The normalized spacial score (nSPS) is 37.9. The Hall–Kier alpha value is -0.120. The van der Waals surface area contributed by atoms with E-state index in [2.05, 4.69) is 19.2 Å². The quantitative estimate of drug-likeness (QED) is 0.793. The van der Waals surface area contributed by atoms with Gasteiger partial charge in [0.25, 0.3) is 0 Å². The standard InChI is InChI=1S/C14H27NO2/c1-11-3-4-13(12(2)9-11)15-10-14(16)5-7-17-8-6-14/h11-13,15-16H,3-10H2,1-2H3. The van der Waals surface area contributed by atoms with Crippen molar-refractivity contribution in [3.8, 4) is 0 Å². The lowest BCUT2D eigenvalue weighted by Gasteiger charge is -2.38. The van der Waals surface area contributed by atoms with Crippen molar-refractivity contribution in [3.05, 3.63) is 0 Å². The molecule has 1 aliphatic heterocycles. The van der Waals surface area contributed by atoms with Crippen LogP contribution < -0.4 is 5.32 Å². The fourth-order valence-corrected chi connectivity index (χ4v) is 3.22. The van der Waals surface area contributed by atoms with E-state index in [1.807, 2.05) is 0 Å². The van der Waals surface area contributed by atoms with Gasteiger partial charge in [0.2, 0.25) is 0 Å². The molecule has 0 aromatic carbocycles. The lowest BCUT2D eigenvalue weighted by atomic mass is 9.79. The first-order valence-corrected chi connectivity index (χ1v) is 7.12. The molecule has 2 aliphatic rings. The minimum absolute atomic E-state index is 0.527. The predicted octanol–water partition coefficient (Wildman–Crippen LogP) is 1.94. The Morgan fingerprint density at radius 1 is 1.24 bits per heavy atom. The van der Waals surface area contributed by atoms with Gasteiger partial charge in [-0.15, -0.1) is 0 Å². The Labute approximate surface area is 105 Å². The smallest absolute Gasteiger partial charge is 0.0815 e. The highest BCUT2D eigenvalue weighted by atomic mass is 16.5. The van der Waals surface area contributed by atoms with Crippen molar-refractivity contribution in [3.63, 3.8) is 0 Å². The molecule has 0 aromatic heterocycles. The second-order valence-electron chi connectivity index (χ2n) is 6.22. The third kappa shape index (κ3) is 3.67. The zero-order valence-electron chi connectivity index (χ0n) is 11.2. The lowest BCUT2D eigenvalue weighted by Crippen LogP contribution is -2.50. The van der Waals surface area contributed by atoms with E-state index in [0.717, 1.165) is 31.2 Å². The van der Waals surface area contributed by atoms with Crippen molar-refractivity contribution < 1.29 is 9.84 Å². The van der Waals surface area contributed by atoms with Crippen LogP contribution in [0.5, 0.6) is 0 Å². The highest BCUT2D eigenvalue weighted by Gasteiger charge is 2.32. The van der Waals surface area contributed by atoms with E-state index in [4.69, 9.17) is 4.74 Å². The van der Waals surface area contributed by atoms with Crippen LogP contribution in [0.25, 0.3) is 0 Å². The summed E-state index contributed by atoms with van der Waals surface area (Å²) < 4.78 is 5.30. The fraction of sp³-hybridized carbons (Fsp3) is 1.00. The average Bonchev–Trinajstić information content (AvgIpc) is 2.29. The summed E-state index contributed by atoms with van der Waals surface area (Å²) in [6.07, 6.45) is 5.45. The molecule has 1 aliphatic carbocycles. The summed E-state index contributed by atoms with van der Waals surface area (Å²) in [6, 6.07) is 0.595. The maximum Gasteiger partial charge on any atom is 0.0815 e. The summed E-state index contributed by atoms with van der Waals surface area (Å²) in [7, 11) is 0. The molecule has 1 saturated heterocycles. The Balaban J connectivity index is 1.77. The van der Waals surface area contributed by atoms with Crippen LogP contribution in [0.4, 0.5) is 0 Å². The Kier molecular flexibility index (Phi) is 4.45. The summed E-state index contributed by atoms with van der Waals surface area (Å²) in [4.78, 5) is 0. The van der Waals surface area contributed by atoms with E-state index in [1.54, 1.807) is 0 Å². The van der Waals surface area contributed by atoms with Crippen LogP contribution >= 0.6 is 0 Å². The molecule has 0 aromatic rings. The van der Waals surface area contributed by atoms with Gasteiger partial charge in [0.1, 0.15) is 0 Å². The summed E-state index contributed by atoms with van der Waals surface area (Å²) in [5, 5.41) is 14.0. The predicted molar refractivity (Wildman–Crippen MR) is 69.0 cm³/mol. The molecule has 3 nitrogen and oxygen atoms in total. The molecule has 0 bridgehead atoms. The SMILES string of the molecule is CC1CCC(NCC2(O)CCOCC2)C(C)C1. The van der Waals surface area contributed by atoms with Gasteiger partial charge in [-0.05, 0) is 31.1 Å². The molecule has 0 radical (unpaired) electrons. The molecule has 2 rings (SSSR count). The van der Waals surface area contributed by atoms with E-state index in [9.17, 15) is 5.11 Å². The van der Waals surface area contributed by atoms with Gasteiger partial charge < -0.3 is 15.2 Å². The van der Waals surface area contributed by atoms with Crippen molar-refractivity contribution in [2.45, 2.75) is 57.6 Å². The number of ether oxygens (including phenoxy) is 1. The monoisotopic (exact) mass is 241 g/mol. The lowest BCUT2D eigenvalue weighted by molar-refractivity contribution is -0.0641. The van der Waals surface area contributed by atoms with E-state index in [0.29, 0.717) is 19.3 Å². The minimum Gasteiger partial charge on any atom is -0.388 e. The van der Waals surface area contributed by atoms with Gasteiger partial charge in [0.05, 0.1) is 5.60 Å². The topological polar surface area (TPSA) is 41.5 Å². The van der Waals surface area contributed by atoms with E-state index in [-0.39, 0.29) is 0 Å². The third-order valence-electron chi connectivity index (χ3n) is 4.55. The Morgan fingerprint density at radius 2 is 1.94 bits per heavy atom. The zero-order chi connectivity index (χ0) is 12.3. The van der Waals surface area contributed by atoms with Gasteiger partial charge in [-0.25, -0.2) is 0 Å². The van der Waals surface area contributed by atoms with Gasteiger partial charge in [-0.1, -0.05) is 13.8 Å². The average molecular weight is 241 g/mol. The molecule has 3 heteroatoms. The molecule has 0 amide bonds. The highest BCUT2D eigenvalue weighted by Crippen LogP contribution is 2.29. The molecule has 1 saturated carbocycles. The number of hydrogen-bond donors (Lipinski definition) is 2. The molecule has 2 fully saturated rings. The molecule has 3 unspecified atom stereocenters. The summed E-state index contributed by atoms with van der Waals surface area (Å²) in [5.41, 5.74) is -0.527. The Bertz CT molecular complexity index is 238. The summed E-state index contributed by atoms with van der Waals surface area (Å²) >= 11 is 0. The van der Waals surface area contributed by atoms with Crippen molar-refractivity contribution in [1.29, 1.82) is 0 Å². The maximum atomic E-state index is 10.4. The molecule has 0 spiro atoms. The Morgan fingerprint density at radius 3 is 2.59 bits per heavy atom. The molecule has 17 heavy (non-hydrogen) atoms. The fourth-order valence-electron chi connectivity index (χ4n) is 3.22. The maximum absolute atomic E-state index is 10.4. The van der Waals surface area contributed by atoms with E-state index in [1.165, 1.54) is 19.3 Å². The van der Waals surface area contributed by atoms with Gasteiger partial charge in [-0.2, -0.15) is 0 Å². The molecular formula is C14H27NO2. The van der Waals surface area contributed by atoms with Crippen LogP contribution in [-0.4, -0.2) is 36.5 Å². The first-order valence-electron chi connectivity index (χ1n) is 7.12. The first kappa shape index (κ1) is 13.3. The van der Waals surface area contributed by atoms with E-state index >= 15 is 0 Å². The van der Waals surface area contributed by atoms with Crippen molar-refractivity contribution >= 4 is 0 Å². The van der Waals surface area contributed by atoms with Gasteiger partial charge in [-0.3, -0.25) is 0 Å². The molecule has 1 heterocycles. The third-order valence-corrected chi connectivity index (χ3v) is 4.55. The summed E-state index contributed by atoms with van der Waals surface area (Å²) in [6.45, 7) is 6.82. The summed E-state index contributed by atoms with van der Waals surface area (Å²) in [5.74, 6) is 1.61. The van der Waals surface area contributed by atoms with Crippen LogP contribution in [-0.2, 0) is 4.74 Å². The van der Waals surface area contributed by atoms with Gasteiger partial charge >= 0.3 is 0 Å². The van der Waals surface area contributed by atoms with Crippen LogP contribution in [0.1, 0.15) is 46.0 Å². The highest BCUT2D eigenvalue weighted by molar-refractivity contribution is 4.88. The van der Waals surface area contributed by atoms with Crippen molar-refractivity contribution in [2.24, 2.45) is 11.8 Å². The van der Waals surface area contributed by atoms with Crippen LogP contribution in [0.3, 0.4) is 0 Å². The van der Waals surface area contributed by atoms with Crippen molar-refractivity contribution in [2.75, 3.05) is 19.8 Å². The van der Waals surface area contributed by atoms with Crippen LogP contribution in [0.15, 0.2) is 0 Å². The van der Waals surface area contributed by atoms with Crippen LogP contribution in [0.2, 0.25) is 0 Å². The first-order chi connectivity index (χ1) is 8.09. The largest absolute Gasteiger partial charge is 0.388 e. The van der Waals surface area contributed by atoms with Gasteiger partial charge in [0.15, 0.2) is 0 Å². The number of aliphatic hydroxyl groups is 1. The second kappa shape index (κ2) is 5.68. The number of hydrogen-bond acceptors (Lipinski definition) is 3. The molecular weight excluding hydrogens is 214 g/mol. The van der Waals surface area contributed by atoms with E-state index < -0.39 is 5.60 Å². The molecule has 2 N–H and O–H groups in total. The van der Waals surface area contributed by atoms with Gasteiger partial charge in [0, 0.05) is 38.6 Å². The number of nitrogens with one attached hydrogen (secondary N) is 1. The van der Waals surface area contributed by atoms with Crippen LogP contribution in [0, 0.1) is 11.8 Å². The zero-order valence-corrected chi connectivity index (χ0v) is 11.2. The minimum atomic E-state index is -0.527. The second-order valence-corrected chi connectivity index (χ2v) is 6.22. The number of rotatable bonds is 3.